The average Bonchev–Trinajstić information content (AvgIpc) is 3.31. The Labute approximate surface area is 171 Å². The van der Waals surface area contributed by atoms with Crippen LogP contribution in [0.2, 0.25) is 5.02 Å². The summed E-state index contributed by atoms with van der Waals surface area (Å²) in [6, 6.07) is 11.2. The average molecular weight is 418 g/mol. The number of halogens is 1. The highest BCUT2D eigenvalue weighted by molar-refractivity contribution is 7.14. The lowest BCUT2D eigenvalue weighted by molar-refractivity contribution is -0.119. The number of carbonyl (C=O) groups is 2. The van der Waals surface area contributed by atoms with Gasteiger partial charge in [0.1, 0.15) is 11.5 Å². The van der Waals surface area contributed by atoms with Crippen LogP contribution >= 0.6 is 22.9 Å². The second kappa shape index (κ2) is 9.52. The van der Waals surface area contributed by atoms with Gasteiger partial charge in [0, 0.05) is 23.7 Å². The third-order valence-electron chi connectivity index (χ3n) is 3.96. The van der Waals surface area contributed by atoms with Gasteiger partial charge in [-0.25, -0.2) is 4.98 Å². The van der Waals surface area contributed by atoms with Gasteiger partial charge >= 0.3 is 0 Å². The van der Waals surface area contributed by atoms with Crippen LogP contribution in [0.15, 0.2) is 46.2 Å². The standard InChI is InChI=1S/C20H20ClN3O3S/c1-13(25)22-11-16-9-10-18(27-16)17-12-28-20(23-17)24-19(26)4-2-3-14-5-7-15(21)8-6-14/h5-10,12H,2-4,11H2,1H3,(H,22,25)(H,23,24,26). The maximum absolute atomic E-state index is 12.1. The van der Waals surface area contributed by atoms with Crippen molar-refractivity contribution in [2.45, 2.75) is 32.7 Å². The van der Waals surface area contributed by atoms with E-state index in [0.29, 0.717) is 40.3 Å². The number of aromatic nitrogens is 1. The Balaban J connectivity index is 1.47. The van der Waals surface area contributed by atoms with Crippen molar-refractivity contribution in [3.8, 4) is 11.5 Å². The number of anilines is 1. The molecule has 0 spiro atoms. The molecule has 2 heterocycles. The van der Waals surface area contributed by atoms with Crippen molar-refractivity contribution in [1.82, 2.24) is 10.3 Å². The molecule has 146 valence electrons. The molecule has 0 fully saturated rings. The van der Waals surface area contributed by atoms with Crippen molar-refractivity contribution in [1.29, 1.82) is 0 Å². The maximum atomic E-state index is 12.1. The van der Waals surface area contributed by atoms with E-state index in [4.69, 9.17) is 16.0 Å². The molecular formula is C20H20ClN3O3S. The van der Waals surface area contributed by atoms with Crippen molar-refractivity contribution in [3.05, 3.63) is 58.1 Å². The first-order valence-electron chi connectivity index (χ1n) is 8.83. The number of aryl methyl sites for hydroxylation is 1. The van der Waals surface area contributed by atoms with E-state index in [0.717, 1.165) is 18.4 Å². The van der Waals surface area contributed by atoms with Crippen molar-refractivity contribution in [2.24, 2.45) is 0 Å². The number of amides is 2. The quantitative estimate of drug-likeness (QED) is 0.558. The van der Waals surface area contributed by atoms with Crippen LogP contribution in [0.4, 0.5) is 5.13 Å². The molecule has 28 heavy (non-hydrogen) atoms. The molecule has 0 radical (unpaired) electrons. The largest absolute Gasteiger partial charge is 0.458 e. The number of thiazole rings is 1. The SMILES string of the molecule is CC(=O)NCc1ccc(-c2csc(NC(=O)CCCc3ccc(Cl)cc3)n2)o1. The molecule has 0 aliphatic carbocycles. The lowest BCUT2D eigenvalue weighted by Gasteiger charge is -2.03. The minimum absolute atomic E-state index is 0.0688. The first-order valence-corrected chi connectivity index (χ1v) is 10.1. The monoisotopic (exact) mass is 417 g/mol. The maximum Gasteiger partial charge on any atom is 0.226 e. The number of hydrogen-bond donors (Lipinski definition) is 2. The summed E-state index contributed by atoms with van der Waals surface area (Å²) in [7, 11) is 0. The molecular weight excluding hydrogens is 398 g/mol. The highest BCUT2D eigenvalue weighted by Crippen LogP contribution is 2.26. The summed E-state index contributed by atoms with van der Waals surface area (Å²) in [4.78, 5) is 27.5. The third kappa shape index (κ3) is 5.94. The molecule has 0 saturated heterocycles. The number of rotatable bonds is 8. The molecule has 6 nitrogen and oxygen atoms in total. The molecule has 2 aromatic heterocycles. The van der Waals surface area contributed by atoms with Crippen molar-refractivity contribution in [3.63, 3.8) is 0 Å². The summed E-state index contributed by atoms with van der Waals surface area (Å²) in [6.07, 6.45) is 1.98. The van der Waals surface area contributed by atoms with Crippen molar-refractivity contribution >= 4 is 39.9 Å². The zero-order valence-electron chi connectivity index (χ0n) is 15.3. The number of nitrogens with zero attached hydrogens (tertiary/aromatic N) is 1. The van der Waals surface area contributed by atoms with Gasteiger partial charge in [0.05, 0.1) is 6.54 Å². The molecule has 0 atom stereocenters. The predicted molar refractivity (Wildman–Crippen MR) is 110 cm³/mol. The summed E-state index contributed by atoms with van der Waals surface area (Å²) in [6.45, 7) is 1.78. The fourth-order valence-corrected chi connectivity index (χ4v) is 3.39. The summed E-state index contributed by atoms with van der Waals surface area (Å²) in [5, 5.41) is 8.57. The van der Waals surface area contributed by atoms with Gasteiger partial charge in [0.25, 0.3) is 0 Å². The molecule has 1 aromatic carbocycles. The topological polar surface area (TPSA) is 84.2 Å². The van der Waals surface area contributed by atoms with E-state index >= 15 is 0 Å². The summed E-state index contributed by atoms with van der Waals surface area (Å²) < 4.78 is 5.67. The zero-order chi connectivity index (χ0) is 19.9. The molecule has 2 N–H and O–H groups in total. The van der Waals surface area contributed by atoms with Crippen LogP contribution < -0.4 is 10.6 Å². The molecule has 0 aliphatic rings. The van der Waals surface area contributed by atoms with E-state index in [1.54, 1.807) is 12.1 Å². The Bertz CT molecular complexity index is 950. The van der Waals surface area contributed by atoms with Crippen LogP contribution in [0.1, 0.15) is 31.1 Å². The van der Waals surface area contributed by atoms with Gasteiger partial charge in [-0.15, -0.1) is 11.3 Å². The van der Waals surface area contributed by atoms with E-state index in [1.807, 2.05) is 29.6 Å². The van der Waals surface area contributed by atoms with Gasteiger partial charge in [-0.1, -0.05) is 23.7 Å². The predicted octanol–water partition coefficient (Wildman–Crippen LogP) is 4.65. The van der Waals surface area contributed by atoms with Crippen molar-refractivity contribution < 1.29 is 14.0 Å². The van der Waals surface area contributed by atoms with Crippen LogP contribution in [-0.4, -0.2) is 16.8 Å². The number of benzene rings is 1. The molecule has 3 rings (SSSR count). The van der Waals surface area contributed by atoms with Gasteiger partial charge in [0.2, 0.25) is 11.8 Å². The summed E-state index contributed by atoms with van der Waals surface area (Å²) in [5.74, 6) is 1.05. The Hall–Kier alpha value is -2.64. The van der Waals surface area contributed by atoms with Crippen LogP contribution in [0.25, 0.3) is 11.5 Å². The van der Waals surface area contributed by atoms with E-state index in [9.17, 15) is 9.59 Å². The number of hydrogen-bond acceptors (Lipinski definition) is 5. The number of furan rings is 1. The number of carbonyl (C=O) groups excluding carboxylic acids is 2. The molecule has 0 unspecified atom stereocenters. The Morgan fingerprint density at radius 2 is 1.96 bits per heavy atom. The minimum atomic E-state index is -0.118. The second-order valence-electron chi connectivity index (χ2n) is 6.24. The first kappa shape index (κ1) is 20.1. The first-order chi connectivity index (χ1) is 13.5. The van der Waals surface area contributed by atoms with Crippen LogP contribution in [-0.2, 0) is 22.6 Å². The summed E-state index contributed by atoms with van der Waals surface area (Å²) in [5.41, 5.74) is 1.80. The zero-order valence-corrected chi connectivity index (χ0v) is 16.9. The minimum Gasteiger partial charge on any atom is -0.458 e. The highest BCUT2D eigenvalue weighted by Gasteiger charge is 2.11. The molecule has 0 aliphatic heterocycles. The summed E-state index contributed by atoms with van der Waals surface area (Å²) >= 11 is 7.21. The Morgan fingerprint density at radius 1 is 1.18 bits per heavy atom. The van der Waals surface area contributed by atoms with Gasteiger partial charge in [-0.3, -0.25) is 9.59 Å². The lowest BCUT2D eigenvalue weighted by atomic mass is 10.1. The Kier molecular flexibility index (Phi) is 6.84. The second-order valence-corrected chi connectivity index (χ2v) is 7.54. The Morgan fingerprint density at radius 3 is 2.71 bits per heavy atom. The van der Waals surface area contributed by atoms with Crippen molar-refractivity contribution in [2.75, 3.05) is 5.32 Å². The highest BCUT2D eigenvalue weighted by atomic mass is 35.5. The molecule has 2 amide bonds. The smallest absolute Gasteiger partial charge is 0.226 e. The van der Waals surface area contributed by atoms with Gasteiger partial charge in [-0.2, -0.15) is 0 Å². The van der Waals surface area contributed by atoms with E-state index in [2.05, 4.69) is 15.6 Å². The fraction of sp³-hybridized carbons (Fsp3) is 0.250. The third-order valence-corrected chi connectivity index (χ3v) is 4.97. The number of nitrogens with one attached hydrogen (secondary N) is 2. The molecule has 0 bridgehead atoms. The van der Waals surface area contributed by atoms with Gasteiger partial charge in [0.15, 0.2) is 10.9 Å². The van der Waals surface area contributed by atoms with Crippen LogP contribution in [0.3, 0.4) is 0 Å². The lowest BCUT2D eigenvalue weighted by Crippen LogP contribution is -2.18. The van der Waals surface area contributed by atoms with E-state index < -0.39 is 0 Å². The van der Waals surface area contributed by atoms with E-state index in [1.165, 1.54) is 18.3 Å². The molecule has 8 heteroatoms. The van der Waals surface area contributed by atoms with E-state index in [-0.39, 0.29) is 11.8 Å². The molecule has 3 aromatic rings. The van der Waals surface area contributed by atoms with Gasteiger partial charge in [-0.05, 0) is 42.7 Å². The van der Waals surface area contributed by atoms with Crippen LogP contribution in [0, 0.1) is 0 Å². The van der Waals surface area contributed by atoms with Crippen LogP contribution in [0.5, 0.6) is 0 Å². The fourth-order valence-electron chi connectivity index (χ4n) is 2.55. The van der Waals surface area contributed by atoms with Gasteiger partial charge < -0.3 is 15.1 Å². The molecule has 0 saturated carbocycles. The normalized spacial score (nSPS) is 10.6.